The maximum Gasteiger partial charge on any atom is 0.215 e. The Labute approximate surface area is 172 Å². The lowest BCUT2D eigenvalue weighted by atomic mass is 10.1. The summed E-state index contributed by atoms with van der Waals surface area (Å²) in [6.45, 7) is 1.01. The standard InChI is InChI=1S/C20H18Cl2N2O4/c21-14-1-6-18(19(22)9-14)20(12-24-8-7-23-13-24)27-11-17(28-20)10-26-16-4-2-15(25)3-5-16/h1-9,13,17,25H,10-12H2. The Morgan fingerprint density at radius 2 is 2.04 bits per heavy atom. The number of aromatic nitrogens is 2. The summed E-state index contributed by atoms with van der Waals surface area (Å²) in [6, 6.07) is 11.8. The number of imidazole rings is 1. The first-order valence-electron chi connectivity index (χ1n) is 8.69. The van der Waals surface area contributed by atoms with Crippen molar-refractivity contribution in [3.63, 3.8) is 0 Å². The maximum absolute atomic E-state index is 9.37. The van der Waals surface area contributed by atoms with E-state index in [4.69, 9.17) is 37.4 Å². The third-order valence-electron chi connectivity index (χ3n) is 4.42. The van der Waals surface area contributed by atoms with Crippen molar-refractivity contribution < 1.29 is 19.3 Å². The second kappa shape index (κ2) is 8.01. The Bertz CT molecular complexity index is 934. The van der Waals surface area contributed by atoms with Gasteiger partial charge in [-0.1, -0.05) is 29.3 Å². The zero-order valence-electron chi connectivity index (χ0n) is 14.8. The van der Waals surface area contributed by atoms with Gasteiger partial charge in [0.1, 0.15) is 24.2 Å². The molecule has 1 saturated heterocycles. The largest absolute Gasteiger partial charge is 0.508 e. The van der Waals surface area contributed by atoms with Gasteiger partial charge < -0.3 is 23.9 Å². The summed E-state index contributed by atoms with van der Waals surface area (Å²) in [5.41, 5.74) is 0.694. The van der Waals surface area contributed by atoms with E-state index in [0.29, 0.717) is 41.1 Å². The zero-order valence-corrected chi connectivity index (χ0v) is 16.3. The number of phenolic OH excluding ortho intramolecular Hbond substituents is 1. The molecule has 2 heterocycles. The molecular formula is C20H18Cl2N2O4. The van der Waals surface area contributed by atoms with Crippen molar-refractivity contribution in [1.82, 2.24) is 9.55 Å². The quantitative estimate of drug-likeness (QED) is 0.645. The minimum atomic E-state index is -1.08. The topological polar surface area (TPSA) is 65.7 Å². The Morgan fingerprint density at radius 1 is 1.21 bits per heavy atom. The highest BCUT2D eigenvalue weighted by Crippen LogP contribution is 2.40. The van der Waals surface area contributed by atoms with Gasteiger partial charge >= 0.3 is 0 Å². The van der Waals surface area contributed by atoms with Crippen LogP contribution in [0.25, 0.3) is 0 Å². The average molecular weight is 421 g/mol. The van der Waals surface area contributed by atoms with Crippen LogP contribution in [0.4, 0.5) is 0 Å². The van der Waals surface area contributed by atoms with E-state index in [2.05, 4.69) is 4.98 Å². The van der Waals surface area contributed by atoms with Gasteiger partial charge in [-0.3, -0.25) is 0 Å². The monoisotopic (exact) mass is 420 g/mol. The minimum absolute atomic E-state index is 0.185. The van der Waals surface area contributed by atoms with Crippen LogP contribution in [0.5, 0.6) is 11.5 Å². The molecule has 3 aromatic rings. The summed E-state index contributed by atoms with van der Waals surface area (Å²) in [5.74, 6) is -0.256. The van der Waals surface area contributed by atoms with Crippen LogP contribution in [0.15, 0.2) is 61.2 Å². The fourth-order valence-corrected chi connectivity index (χ4v) is 3.66. The summed E-state index contributed by atoms with van der Waals surface area (Å²) in [4.78, 5) is 4.08. The lowest BCUT2D eigenvalue weighted by Crippen LogP contribution is -2.34. The highest BCUT2D eigenvalue weighted by atomic mass is 35.5. The summed E-state index contributed by atoms with van der Waals surface area (Å²) >= 11 is 12.5. The molecule has 2 aromatic carbocycles. The van der Waals surface area contributed by atoms with Crippen LogP contribution in [0.1, 0.15) is 5.56 Å². The third-order valence-corrected chi connectivity index (χ3v) is 4.97. The fraction of sp³-hybridized carbons (Fsp3) is 0.250. The van der Waals surface area contributed by atoms with Crippen molar-refractivity contribution in [3.05, 3.63) is 76.8 Å². The van der Waals surface area contributed by atoms with Crippen LogP contribution in [0.2, 0.25) is 10.0 Å². The molecular weight excluding hydrogens is 403 g/mol. The van der Waals surface area contributed by atoms with Gasteiger partial charge in [0.25, 0.3) is 0 Å². The van der Waals surface area contributed by atoms with Gasteiger partial charge in [0.05, 0.1) is 24.5 Å². The molecule has 2 atom stereocenters. The van der Waals surface area contributed by atoms with Crippen LogP contribution >= 0.6 is 23.2 Å². The molecule has 8 heteroatoms. The van der Waals surface area contributed by atoms with Gasteiger partial charge in [-0.25, -0.2) is 4.98 Å². The molecule has 146 valence electrons. The second-order valence-corrected chi connectivity index (χ2v) is 7.31. The van der Waals surface area contributed by atoms with Crippen LogP contribution in [-0.2, 0) is 21.8 Å². The van der Waals surface area contributed by atoms with Crippen LogP contribution in [0.3, 0.4) is 0 Å². The van der Waals surface area contributed by atoms with Crippen molar-refractivity contribution in [2.75, 3.05) is 13.2 Å². The first-order chi connectivity index (χ1) is 13.5. The molecule has 0 radical (unpaired) electrons. The van der Waals surface area contributed by atoms with Crippen molar-refractivity contribution in [1.29, 1.82) is 0 Å². The number of nitrogens with zero attached hydrogens (tertiary/aromatic N) is 2. The normalized spacial score (nSPS) is 21.7. The molecule has 0 saturated carbocycles. The van der Waals surface area contributed by atoms with E-state index >= 15 is 0 Å². The fourth-order valence-electron chi connectivity index (χ4n) is 3.11. The van der Waals surface area contributed by atoms with E-state index in [1.165, 1.54) is 0 Å². The van der Waals surface area contributed by atoms with Crippen molar-refractivity contribution >= 4 is 23.2 Å². The van der Waals surface area contributed by atoms with E-state index in [0.717, 1.165) is 0 Å². The van der Waals surface area contributed by atoms with E-state index in [9.17, 15) is 5.11 Å². The van der Waals surface area contributed by atoms with E-state index in [1.54, 1.807) is 48.9 Å². The Kier molecular flexibility index (Phi) is 5.46. The lowest BCUT2D eigenvalue weighted by Gasteiger charge is -2.30. The van der Waals surface area contributed by atoms with Crippen LogP contribution in [0, 0.1) is 0 Å². The molecule has 1 aliphatic heterocycles. The molecule has 0 spiro atoms. The van der Waals surface area contributed by atoms with Gasteiger partial charge in [0.15, 0.2) is 0 Å². The number of hydrogen-bond acceptors (Lipinski definition) is 5. The smallest absolute Gasteiger partial charge is 0.215 e. The number of benzene rings is 2. The Hall–Kier alpha value is -2.25. The van der Waals surface area contributed by atoms with Crippen LogP contribution < -0.4 is 4.74 Å². The first kappa shape index (κ1) is 19.1. The molecule has 0 bridgehead atoms. The molecule has 0 amide bonds. The number of rotatable bonds is 6. The second-order valence-electron chi connectivity index (χ2n) is 6.47. The minimum Gasteiger partial charge on any atom is -0.508 e. The van der Waals surface area contributed by atoms with Crippen LogP contribution in [-0.4, -0.2) is 34.0 Å². The highest BCUT2D eigenvalue weighted by molar-refractivity contribution is 6.35. The van der Waals surface area contributed by atoms with E-state index in [1.807, 2.05) is 16.8 Å². The van der Waals surface area contributed by atoms with Crippen molar-refractivity contribution in [3.8, 4) is 11.5 Å². The van der Waals surface area contributed by atoms with Gasteiger partial charge in [-0.2, -0.15) is 0 Å². The van der Waals surface area contributed by atoms with Gasteiger partial charge in [0.2, 0.25) is 5.79 Å². The summed E-state index contributed by atoms with van der Waals surface area (Å²) in [7, 11) is 0. The predicted molar refractivity (Wildman–Crippen MR) is 105 cm³/mol. The Morgan fingerprint density at radius 3 is 2.75 bits per heavy atom. The third kappa shape index (κ3) is 4.10. The summed E-state index contributed by atoms with van der Waals surface area (Å²) < 4.78 is 20.1. The predicted octanol–water partition coefficient (Wildman–Crippen LogP) is 4.24. The number of phenols is 1. The van der Waals surface area contributed by atoms with Gasteiger partial charge in [0, 0.05) is 23.0 Å². The molecule has 1 N–H and O–H groups in total. The summed E-state index contributed by atoms with van der Waals surface area (Å²) in [6.07, 6.45) is 4.92. The zero-order chi connectivity index (χ0) is 19.6. The molecule has 1 aliphatic rings. The number of halogens is 2. The van der Waals surface area contributed by atoms with E-state index < -0.39 is 5.79 Å². The molecule has 1 fully saturated rings. The molecule has 2 unspecified atom stereocenters. The van der Waals surface area contributed by atoms with Crippen molar-refractivity contribution in [2.24, 2.45) is 0 Å². The average Bonchev–Trinajstić information content (AvgIpc) is 3.32. The van der Waals surface area contributed by atoms with Gasteiger partial charge in [-0.15, -0.1) is 0 Å². The molecule has 6 nitrogen and oxygen atoms in total. The number of ether oxygens (including phenoxy) is 3. The maximum atomic E-state index is 9.37. The SMILES string of the molecule is Oc1ccc(OCC2COC(Cn3ccnc3)(c3ccc(Cl)cc3Cl)O2)cc1. The Balaban J connectivity index is 1.54. The molecule has 4 rings (SSSR count). The number of hydrogen-bond donors (Lipinski definition) is 1. The molecule has 0 aliphatic carbocycles. The molecule has 1 aromatic heterocycles. The first-order valence-corrected chi connectivity index (χ1v) is 9.44. The van der Waals surface area contributed by atoms with Crippen molar-refractivity contribution in [2.45, 2.75) is 18.4 Å². The molecule has 28 heavy (non-hydrogen) atoms. The number of aromatic hydroxyl groups is 1. The highest BCUT2D eigenvalue weighted by Gasteiger charge is 2.45. The van der Waals surface area contributed by atoms with Gasteiger partial charge in [-0.05, 0) is 36.4 Å². The van der Waals surface area contributed by atoms with E-state index in [-0.39, 0.29) is 11.9 Å². The summed E-state index contributed by atoms with van der Waals surface area (Å²) in [5, 5.41) is 10.4. The lowest BCUT2D eigenvalue weighted by molar-refractivity contribution is -0.189.